The number of aryl methyl sites for hydroxylation is 2. The summed E-state index contributed by atoms with van der Waals surface area (Å²) in [5.74, 6) is -3.06. The van der Waals surface area contributed by atoms with Gasteiger partial charge in [0.15, 0.2) is 0 Å². The summed E-state index contributed by atoms with van der Waals surface area (Å²) in [5.41, 5.74) is 4.22. The van der Waals surface area contributed by atoms with Crippen LogP contribution in [0.5, 0.6) is 5.88 Å². The van der Waals surface area contributed by atoms with Crippen LogP contribution in [0.25, 0.3) is 0 Å². The second-order valence-electron chi connectivity index (χ2n) is 8.49. The van der Waals surface area contributed by atoms with Crippen molar-refractivity contribution in [2.24, 2.45) is 10.9 Å². The largest absolute Gasteiger partial charge is 0.481 e. The van der Waals surface area contributed by atoms with Gasteiger partial charge in [-0.2, -0.15) is 0 Å². The molecule has 2 aliphatic rings. The van der Waals surface area contributed by atoms with Crippen molar-refractivity contribution >= 4 is 12.0 Å². The zero-order valence-electron chi connectivity index (χ0n) is 20.6. The van der Waals surface area contributed by atoms with Gasteiger partial charge in [0.25, 0.3) is 5.92 Å². The molecule has 1 unspecified atom stereocenters. The van der Waals surface area contributed by atoms with Crippen molar-refractivity contribution in [3.63, 3.8) is 0 Å². The van der Waals surface area contributed by atoms with Crippen LogP contribution in [-0.4, -0.2) is 80.0 Å². The second-order valence-corrected chi connectivity index (χ2v) is 8.49. The lowest BCUT2D eigenvalue weighted by Crippen LogP contribution is -2.50. The Balaban J connectivity index is 0.000000340. The van der Waals surface area contributed by atoms with Gasteiger partial charge in [-0.15, -0.1) is 0 Å². The van der Waals surface area contributed by atoms with E-state index in [0.717, 1.165) is 28.0 Å². The topological polar surface area (TPSA) is 93.5 Å². The number of hydrogen-bond donors (Lipinski definition) is 1. The average molecular weight is 484 g/mol. The second kappa shape index (κ2) is 12.6. The molecule has 34 heavy (non-hydrogen) atoms. The molecule has 0 saturated carbocycles. The Morgan fingerprint density at radius 3 is 2.65 bits per heavy atom. The molecule has 3 heterocycles. The Labute approximate surface area is 199 Å². The monoisotopic (exact) mass is 483 g/mol. The maximum Gasteiger partial charge on any atom is 0.407 e. The van der Waals surface area contributed by atoms with Crippen molar-refractivity contribution in [3.8, 4) is 5.88 Å². The summed E-state index contributed by atoms with van der Waals surface area (Å²) in [5, 5.41) is 9.01. The number of carboxylic acid groups (broad SMARTS) is 1. The van der Waals surface area contributed by atoms with E-state index >= 15 is 0 Å². The van der Waals surface area contributed by atoms with Gasteiger partial charge in [-0.1, -0.05) is 5.57 Å². The highest BCUT2D eigenvalue weighted by Gasteiger charge is 2.45. The minimum Gasteiger partial charge on any atom is -0.481 e. The first-order valence-corrected chi connectivity index (χ1v) is 11.3. The lowest BCUT2D eigenvalue weighted by atomic mass is 9.94. The van der Waals surface area contributed by atoms with Gasteiger partial charge >= 0.3 is 6.09 Å². The van der Waals surface area contributed by atoms with Gasteiger partial charge in [0, 0.05) is 50.3 Å². The summed E-state index contributed by atoms with van der Waals surface area (Å²) in [4.78, 5) is 20.2. The fraction of sp³-hybridized carbons (Fsp3) is 0.625. The van der Waals surface area contributed by atoms with Crippen LogP contribution in [0.3, 0.4) is 0 Å². The fourth-order valence-electron chi connectivity index (χ4n) is 3.87. The maximum absolute atomic E-state index is 14.1. The summed E-state index contributed by atoms with van der Waals surface area (Å²) in [6, 6.07) is 2.05. The number of nitrogens with zero attached hydrogens (tertiary/aromatic N) is 3. The molecule has 1 aromatic rings. The van der Waals surface area contributed by atoms with E-state index in [1.165, 1.54) is 5.56 Å². The van der Waals surface area contributed by atoms with Crippen molar-refractivity contribution in [3.05, 3.63) is 34.5 Å². The van der Waals surface area contributed by atoms with Crippen LogP contribution >= 0.6 is 0 Å². The van der Waals surface area contributed by atoms with E-state index in [0.29, 0.717) is 31.4 Å². The van der Waals surface area contributed by atoms with E-state index in [2.05, 4.69) is 9.98 Å². The smallest absolute Gasteiger partial charge is 0.407 e. The van der Waals surface area contributed by atoms with Crippen molar-refractivity contribution in [2.45, 2.75) is 46.0 Å². The van der Waals surface area contributed by atoms with E-state index in [4.69, 9.17) is 19.3 Å². The summed E-state index contributed by atoms with van der Waals surface area (Å²) in [7, 11) is 3.19. The molecule has 1 N–H and O–H groups in total. The molecule has 1 fully saturated rings. The van der Waals surface area contributed by atoms with Crippen LogP contribution in [-0.2, 0) is 9.47 Å². The molecule has 1 amide bonds. The number of alkyl halides is 2. The first kappa shape index (κ1) is 27.5. The number of amides is 1. The highest BCUT2D eigenvalue weighted by molar-refractivity contribution is 5.94. The molecular formula is C24H35F2N3O5. The molecular weight excluding hydrogens is 448 g/mol. The van der Waals surface area contributed by atoms with E-state index in [1.54, 1.807) is 20.4 Å². The van der Waals surface area contributed by atoms with E-state index < -0.39 is 24.4 Å². The number of methoxy groups -OCH3 is 1. The molecule has 0 aromatic carbocycles. The first-order valence-electron chi connectivity index (χ1n) is 11.3. The summed E-state index contributed by atoms with van der Waals surface area (Å²) < 4.78 is 44.1. The molecule has 0 radical (unpaired) electrons. The molecule has 8 nitrogen and oxygen atoms in total. The number of piperidine rings is 1. The molecule has 1 atom stereocenters. The van der Waals surface area contributed by atoms with Crippen molar-refractivity contribution in [1.82, 2.24) is 9.88 Å². The Morgan fingerprint density at radius 1 is 1.32 bits per heavy atom. The van der Waals surface area contributed by atoms with Gasteiger partial charge in [-0.05, 0) is 38.8 Å². The number of likely N-dealkylation sites (tertiary alicyclic amines) is 1. The standard InChI is InChI=1S/C16H24F2N2O4.C8H11NO/c1-11-3-7-23-8-4-13(11)14(19-2)24-10-12-9-20(15(21)22)6-5-16(12,17)18;1-6-4-7(2)8(10-3)9-5-6/h12H,3-10H2,1-2H3,(H,21,22);4-5H,1-3H3. The molecule has 1 saturated heterocycles. The maximum atomic E-state index is 14.1. The number of carbonyl (C=O) groups is 1. The van der Waals surface area contributed by atoms with Crippen LogP contribution < -0.4 is 4.74 Å². The normalized spacial score (nSPS) is 20.7. The van der Waals surface area contributed by atoms with E-state index in [9.17, 15) is 13.6 Å². The molecule has 1 aromatic heterocycles. The number of rotatable bonds is 4. The zero-order chi connectivity index (χ0) is 25.3. The molecule has 10 heteroatoms. The number of halogens is 2. The SMILES string of the molecule is CN=C(OCC1CN(C(=O)O)CCC1(F)F)C1=C(C)CCOCC1.COc1ncc(C)cc1C. The van der Waals surface area contributed by atoms with Gasteiger partial charge in [-0.3, -0.25) is 4.99 Å². The van der Waals surface area contributed by atoms with Crippen molar-refractivity contribution in [2.75, 3.05) is 47.1 Å². The minimum atomic E-state index is -2.94. The molecule has 2 aliphatic heterocycles. The van der Waals surface area contributed by atoms with Crippen molar-refractivity contribution in [1.29, 1.82) is 0 Å². The number of aliphatic imine (C=N–C) groups is 1. The number of pyridine rings is 1. The average Bonchev–Trinajstić information content (AvgIpc) is 3.00. The molecule has 190 valence electrons. The number of hydrogen-bond acceptors (Lipinski definition) is 6. The van der Waals surface area contributed by atoms with Crippen LogP contribution in [0.4, 0.5) is 13.6 Å². The lowest BCUT2D eigenvalue weighted by Gasteiger charge is -2.36. The molecule has 0 bridgehead atoms. The highest BCUT2D eigenvalue weighted by Crippen LogP contribution is 2.34. The molecule has 0 spiro atoms. The predicted octanol–water partition coefficient (Wildman–Crippen LogP) is 4.50. The minimum absolute atomic E-state index is 0.158. The Kier molecular flexibility index (Phi) is 10.2. The van der Waals surface area contributed by atoms with Crippen molar-refractivity contribution < 1.29 is 32.9 Å². The quantitative estimate of drug-likeness (QED) is 0.501. The molecule has 3 rings (SSSR count). The van der Waals surface area contributed by atoms with Crippen LogP contribution in [0.2, 0.25) is 0 Å². The van der Waals surface area contributed by atoms with E-state index in [-0.39, 0.29) is 19.7 Å². The predicted molar refractivity (Wildman–Crippen MR) is 125 cm³/mol. The third-order valence-electron chi connectivity index (χ3n) is 5.90. The summed E-state index contributed by atoms with van der Waals surface area (Å²) in [6.45, 7) is 6.47. The third-order valence-corrected chi connectivity index (χ3v) is 5.90. The highest BCUT2D eigenvalue weighted by atomic mass is 19.3. The summed E-state index contributed by atoms with van der Waals surface area (Å²) in [6.07, 6.45) is 1.51. The van der Waals surface area contributed by atoms with Crippen LogP contribution in [0.15, 0.2) is 28.4 Å². The van der Waals surface area contributed by atoms with Crippen LogP contribution in [0, 0.1) is 19.8 Å². The fourth-order valence-corrected chi connectivity index (χ4v) is 3.87. The van der Waals surface area contributed by atoms with Gasteiger partial charge in [0.2, 0.25) is 11.8 Å². The number of ether oxygens (including phenoxy) is 3. The van der Waals surface area contributed by atoms with Crippen LogP contribution in [0.1, 0.15) is 37.3 Å². The Bertz CT molecular complexity index is 905. The molecule has 0 aliphatic carbocycles. The zero-order valence-corrected chi connectivity index (χ0v) is 20.6. The number of aromatic nitrogens is 1. The first-order chi connectivity index (χ1) is 16.1. The summed E-state index contributed by atoms with van der Waals surface area (Å²) >= 11 is 0. The third kappa shape index (κ3) is 7.65. The Morgan fingerprint density at radius 2 is 2.03 bits per heavy atom. The van der Waals surface area contributed by atoms with Gasteiger partial charge in [0.05, 0.1) is 26.2 Å². The Hall–Kier alpha value is -2.75. The van der Waals surface area contributed by atoms with E-state index in [1.807, 2.05) is 26.8 Å². The lowest BCUT2D eigenvalue weighted by molar-refractivity contribution is -0.113. The van der Waals surface area contributed by atoms with Gasteiger partial charge < -0.3 is 24.2 Å². The van der Waals surface area contributed by atoms with Gasteiger partial charge in [-0.25, -0.2) is 18.6 Å². The van der Waals surface area contributed by atoms with Gasteiger partial charge in [0.1, 0.15) is 6.61 Å².